The third-order valence-electron chi connectivity index (χ3n) is 4.31. The van der Waals surface area contributed by atoms with Gasteiger partial charge in [0.15, 0.2) is 9.84 Å². The van der Waals surface area contributed by atoms with Crippen LogP contribution in [0.4, 0.5) is 15.8 Å². The SMILES string of the molecule is C[C@@H]1CSc2ccc(S(=O)(=O)CCC(=O)Nc3ccc(F)cc3Cl)cc2NC1=O. The monoisotopic (exact) mass is 456 g/mol. The van der Waals surface area contributed by atoms with Crippen LogP contribution in [0.25, 0.3) is 0 Å². The molecule has 0 fully saturated rings. The van der Waals surface area contributed by atoms with Crippen molar-refractivity contribution in [2.45, 2.75) is 23.1 Å². The largest absolute Gasteiger partial charge is 0.325 e. The number of anilines is 2. The average Bonchev–Trinajstić information content (AvgIpc) is 2.80. The molecule has 0 aromatic heterocycles. The van der Waals surface area contributed by atoms with Crippen LogP contribution in [-0.4, -0.2) is 31.7 Å². The molecular weight excluding hydrogens is 439 g/mol. The van der Waals surface area contributed by atoms with E-state index in [2.05, 4.69) is 10.6 Å². The van der Waals surface area contributed by atoms with Gasteiger partial charge >= 0.3 is 0 Å². The molecule has 2 N–H and O–H groups in total. The van der Waals surface area contributed by atoms with Crippen molar-refractivity contribution in [3.63, 3.8) is 0 Å². The molecule has 0 saturated heterocycles. The number of hydrogen-bond donors (Lipinski definition) is 2. The molecule has 154 valence electrons. The first-order chi connectivity index (χ1) is 13.7. The Kier molecular flexibility index (Phi) is 6.50. The molecule has 1 aliphatic rings. The zero-order valence-corrected chi connectivity index (χ0v) is 17.8. The van der Waals surface area contributed by atoms with Crippen LogP contribution in [0, 0.1) is 11.7 Å². The molecule has 2 aromatic rings. The quantitative estimate of drug-likeness (QED) is 0.710. The van der Waals surface area contributed by atoms with Gasteiger partial charge in [0.2, 0.25) is 11.8 Å². The predicted molar refractivity (Wildman–Crippen MR) is 112 cm³/mol. The molecule has 0 saturated carbocycles. The minimum absolute atomic E-state index is 0.0226. The van der Waals surface area contributed by atoms with Crippen molar-refractivity contribution >= 4 is 56.4 Å². The predicted octanol–water partition coefficient (Wildman–Crippen LogP) is 3.96. The Morgan fingerprint density at radius 1 is 1.31 bits per heavy atom. The second-order valence-corrected chi connectivity index (χ2v) is 10.2. The van der Waals surface area contributed by atoms with Gasteiger partial charge in [0.05, 0.1) is 27.0 Å². The summed E-state index contributed by atoms with van der Waals surface area (Å²) in [5.41, 5.74) is 0.655. The Labute approximate surface area is 177 Å². The number of nitrogens with one attached hydrogen (secondary N) is 2. The van der Waals surface area contributed by atoms with Crippen molar-refractivity contribution in [1.82, 2.24) is 0 Å². The van der Waals surface area contributed by atoms with Crippen LogP contribution in [0.3, 0.4) is 0 Å². The van der Waals surface area contributed by atoms with Crippen LogP contribution >= 0.6 is 23.4 Å². The summed E-state index contributed by atoms with van der Waals surface area (Å²) in [6.07, 6.45) is -0.300. The Bertz CT molecular complexity index is 1080. The minimum atomic E-state index is -3.76. The standard InChI is InChI=1S/C19H18ClFN2O4S2/c1-11-10-28-17-5-3-13(9-16(17)23-19(11)25)29(26,27)7-6-18(24)22-15-4-2-12(21)8-14(15)20/h2-5,8-9,11H,6-7,10H2,1H3,(H,22,24)(H,23,25)/t11-/m1/s1. The molecule has 0 bridgehead atoms. The maximum absolute atomic E-state index is 13.1. The highest BCUT2D eigenvalue weighted by Crippen LogP contribution is 2.34. The lowest BCUT2D eigenvalue weighted by atomic mass is 10.2. The number of rotatable bonds is 5. The van der Waals surface area contributed by atoms with Gasteiger partial charge in [0, 0.05) is 23.0 Å². The van der Waals surface area contributed by atoms with E-state index in [4.69, 9.17) is 11.6 Å². The summed E-state index contributed by atoms with van der Waals surface area (Å²) in [7, 11) is -3.76. The first-order valence-electron chi connectivity index (χ1n) is 8.71. The lowest BCUT2D eigenvalue weighted by Gasteiger charge is -2.11. The van der Waals surface area contributed by atoms with Crippen molar-refractivity contribution in [1.29, 1.82) is 0 Å². The lowest BCUT2D eigenvalue weighted by Crippen LogP contribution is -2.20. The zero-order valence-electron chi connectivity index (χ0n) is 15.4. The number of amides is 2. The topological polar surface area (TPSA) is 92.3 Å². The van der Waals surface area contributed by atoms with Gasteiger partial charge in [-0.25, -0.2) is 12.8 Å². The molecule has 2 aromatic carbocycles. The highest BCUT2D eigenvalue weighted by Gasteiger charge is 2.23. The van der Waals surface area contributed by atoms with Crippen molar-refractivity contribution in [3.05, 3.63) is 47.2 Å². The van der Waals surface area contributed by atoms with Gasteiger partial charge in [0.1, 0.15) is 5.82 Å². The Hall–Kier alpha value is -2.10. The number of benzene rings is 2. The average molecular weight is 457 g/mol. The van der Waals surface area contributed by atoms with E-state index in [1.807, 2.05) is 0 Å². The van der Waals surface area contributed by atoms with E-state index in [0.29, 0.717) is 11.4 Å². The smallest absolute Gasteiger partial charge is 0.228 e. The van der Waals surface area contributed by atoms with Gasteiger partial charge in [-0.3, -0.25) is 9.59 Å². The summed E-state index contributed by atoms with van der Waals surface area (Å²) in [6, 6.07) is 8.04. The molecule has 2 amide bonds. The van der Waals surface area contributed by atoms with Gasteiger partial charge < -0.3 is 10.6 Å². The fourth-order valence-corrected chi connectivity index (χ4v) is 5.11. The van der Waals surface area contributed by atoms with Gasteiger partial charge in [-0.05, 0) is 36.4 Å². The van der Waals surface area contributed by atoms with Gasteiger partial charge in [0.25, 0.3) is 0 Å². The zero-order chi connectivity index (χ0) is 21.2. The number of carbonyl (C=O) groups excluding carboxylic acids is 2. The van der Waals surface area contributed by atoms with Crippen LogP contribution in [-0.2, 0) is 19.4 Å². The van der Waals surface area contributed by atoms with E-state index in [0.717, 1.165) is 17.0 Å². The fourth-order valence-electron chi connectivity index (χ4n) is 2.62. The molecule has 10 heteroatoms. The lowest BCUT2D eigenvalue weighted by molar-refractivity contribution is -0.118. The highest BCUT2D eigenvalue weighted by atomic mass is 35.5. The highest BCUT2D eigenvalue weighted by molar-refractivity contribution is 7.99. The van der Waals surface area contributed by atoms with E-state index in [1.165, 1.54) is 30.0 Å². The third-order valence-corrected chi connectivity index (χ3v) is 7.67. The number of carbonyl (C=O) groups is 2. The van der Waals surface area contributed by atoms with Crippen LogP contribution < -0.4 is 10.6 Å². The van der Waals surface area contributed by atoms with Gasteiger partial charge in [-0.1, -0.05) is 18.5 Å². The second-order valence-electron chi connectivity index (χ2n) is 6.60. The number of halogens is 2. The van der Waals surface area contributed by atoms with Gasteiger partial charge in [-0.2, -0.15) is 0 Å². The molecule has 0 spiro atoms. The molecule has 0 unspecified atom stereocenters. The number of fused-ring (bicyclic) bond motifs is 1. The van der Waals surface area contributed by atoms with Crippen molar-refractivity contribution in [3.8, 4) is 0 Å². The number of sulfone groups is 1. The summed E-state index contributed by atoms with van der Waals surface area (Å²) < 4.78 is 38.4. The first kappa shape index (κ1) is 21.6. The molecule has 1 aliphatic heterocycles. The van der Waals surface area contributed by atoms with Crippen molar-refractivity contribution in [2.24, 2.45) is 5.92 Å². The molecule has 0 radical (unpaired) electrons. The summed E-state index contributed by atoms with van der Waals surface area (Å²) in [6.45, 7) is 1.80. The summed E-state index contributed by atoms with van der Waals surface area (Å²) >= 11 is 7.33. The maximum atomic E-state index is 13.1. The Balaban J connectivity index is 1.69. The molecule has 29 heavy (non-hydrogen) atoms. The second kappa shape index (κ2) is 8.73. The third kappa shape index (κ3) is 5.29. The van der Waals surface area contributed by atoms with Crippen LogP contribution in [0.5, 0.6) is 0 Å². The van der Waals surface area contributed by atoms with Crippen molar-refractivity contribution in [2.75, 3.05) is 22.1 Å². The molecular formula is C19H18ClFN2O4S2. The number of thioether (sulfide) groups is 1. The van der Waals surface area contributed by atoms with Crippen LogP contribution in [0.1, 0.15) is 13.3 Å². The van der Waals surface area contributed by atoms with E-state index in [-0.39, 0.29) is 33.9 Å². The molecule has 1 atom stereocenters. The van der Waals surface area contributed by atoms with E-state index in [1.54, 1.807) is 13.0 Å². The fraction of sp³-hybridized carbons (Fsp3) is 0.263. The molecule has 0 aliphatic carbocycles. The summed E-state index contributed by atoms with van der Waals surface area (Å²) in [5, 5.41) is 5.23. The van der Waals surface area contributed by atoms with Crippen LogP contribution in [0.15, 0.2) is 46.2 Å². The number of hydrogen-bond acceptors (Lipinski definition) is 5. The molecule has 6 nitrogen and oxygen atoms in total. The Morgan fingerprint density at radius 3 is 2.79 bits per heavy atom. The van der Waals surface area contributed by atoms with Crippen molar-refractivity contribution < 1.29 is 22.4 Å². The summed E-state index contributed by atoms with van der Waals surface area (Å²) in [4.78, 5) is 24.9. The maximum Gasteiger partial charge on any atom is 0.228 e. The van der Waals surface area contributed by atoms with E-state index >= 15 is 0 Å². The minimum Gasteiger partial charge on any atom is -0.325 e. The molecule has 1 heterocycles. The van der Waals surface area contributed by atoms with E-state index in [9.17, 15) is 22.4 Å². The van der Waals surface area contributed by atoms with Gasteiger partial charge in [-0.15, -0.1) is 11.8 Å². The normalized spacial score (nSPS) is 16.5. The van der Waals surface area contributed by atoms with E-state index < -0.39 is 27.3 Å². The van der Waals surface area contributed by atoms with Crippen LogP contribution in [0.2, 0.25) is 5.02 Å². The Morgan fingerprint density at radius 2 is 2.07 bits per heavy atom. The molecule has 3 rings (SSSR count). The summed E-state index contributed by atoms with van der Waals surface area (Å²) in [5.74, 6) is -1.27. The first-order valence-corrected chi connectivity index (χ1v) is 11.7.